The first kappa shape index (κ1) is 15.1. The summed E-state index contributed by atoms with van der Waals surface area (Å²) < 4.78 is 1.73. The Hall–Kier alpha value is -3.47. The summed E-state index contributed by atoms with van der Waals surface area (Å²) in [4.78, 5) is 15.7. The van der Waals surface area contributed by atoms with Crippen LogP contribution >= 0.6 is 0 Å². The Morgan fingerprint density at radius 3 is 2.64 bits per heavy atom. The van der Waals surface area contributed by atoms with Gasteiger partial charge in [0.25, 0.3) is 5.91 Å². The van der Waals surface area contributed by atoms with E-state index in [1.807, 2.05) is 43.3 Å². The predicted octanol–water partition coefficient (Wildman–Crippen LogP) is 3.49. The van der Waals surface area contributed by atoms with Gasteiger partial charge in [0.15, 0.2) is 5.69 Å². The van der Waals surface area contributed by atoms with Crippen molar-refractivity contribution >= 4 is 16.8 Å². The molecule has 2 N–H and O–H groups in total. The summed E-state index contributed by atoms with van der Waals surface area (Å²) in [6.45, 7) is 1.90. The molecule has 0 aliphatic rings. The van der Waals surface area contributed by atoms with Gasteiger partial charge in [0.1, 0.15) is 0 Å². The number of fused-ring (bicyclic) bond motifs is 1. The molecule has 0 bridgehead atoms. The number of amides is 1. The number of nitrogens with zero attached hydrogens (tertiary/aromatic N) is 3. The van der Waals surface area contributed by atoms with Crippen LogP contribution in [0.5, 0.6) is 0 Å². The van der Waals surface area contributed by atoms with Crippen molar-refractivity contribution in [2.24, 2.45) is 5.73 Å². The maximum Gasteiger partial charge on any atom is 0.269 e. The number of hydrogen-bond donors (Lipinski definition) is 1. The molecular weight excluding hydrogens is 312 g/mol. The van der Waals surface area contributed by atoms with E-state index in [0.717, 1.165) is 33.4 Å². The lowest BCUT2D eigenvalue weighted by Crippen LogP contribution is -2.12. The molecule has 2 aromatic carbocycles. The van der Waals surface area contributed by atoms with E-state index in [-0.39, 0.29) is 5.69 Å². The lowest BCUT2D eigenvalue weighted by molar-refractivity contribution is 0.0995. The van der Waals surface area contributed by atoms with Crippen LogP contribution in [0.4, 0.5) is 0 Å². The topological polar surface area (TPSA) is 73.8 Å². The lowest BCUT2D eigenvalue weighted by atomic mass is 10.0. The van der Waals surface area contributed by atoms with E-state index < -0.39 is 5.91 Å². The molecule has 2 heterocycles. The van der Waals surface area contributed by atoms with E-state index in [9.17, 15) is 4.79 Å². The highest BCUT2D eigenvalue weighted by atomic mass is 16.1. The minimum atomic E-state index is -0.528. The molecule has 0 radical (unpaired) electrons. The fourth-order valence-corrected chi connectivity index (χ4v) is 2.93. The number of aryl methyl sites for hydroxylation is 1. The van der Waals surface area contributed by atoms with Crippen molar-refractivity contribution in [3.05, 3.63) is 78.2 Å². The fraction of sp³-hybridized carbons (Fsp3) is 0.0500. The predicted molar refractivity (Wildman–Crippen MR) is 97.6 cm³/mol. The van der Waals surface area contributed by atoms with Gasteiger partial charge in [-0.2, -0.15) is 5.10 Å². The van der Waals surface area contributed by atoms with Crippen molar-refractivity contribution in [1.82, 2.24) is 14.8 Å². The Morgan fingerprint density at radius 1 is 1.00 bits per heavy atom. The molecule has 0 atom stereocenters. The van der Waals surface area contributed by atoms with Gasteiger partial charge in [-0.15, -0.1) is 0 Å². The largest absolute Gasteiger partial charge is 0.364 e. The van der Waals surface area contributed by atoms with Crippen molar-refractivity contribution in [1.29, 1.82) is 0 Å². The average molecular weight is 328 g/mol. The van der Waals surface area contributed by atoms with E-state index >= 15 is 0 Å². The summed E-state index contributed by atoms with van der Waals surface area (Å²) in [5.41, 5.74) is 10.5. The van der Waals surface area contributed by atoms with Crippen molar-refractivity contribution < 1.29 is 4.79 Å². The maximum absolute atomic E-state index is 11.4. The van der Waals surface area contributed by atoms with Crippen LogP contribution in [0, 0.1) is 6.92 Å². The van der Waals surface area contributed by atoms with Crippen molar-refractivity contribution in [3.8, 4) is 16.8 Å². The Balaban J connectivity index is 1.79. The number of hydrogen-bond acceptors (Lipinski definition) is 3. The number of pyridine rings is 1. The molecule has 5 nitrogen and oxygen atoms in total. The minimum absolute atomic E-state index is 0.264. The molecule has 0 aliphatic heterocycles. The van der Waals surface area contributed by atoms with E-state index in [4.69, 9.17) is 5.73 Å². The monoisotopic (exact) mass is 328 g/mol. The number of aromatic nitrogens is 3. The van der Waals surface area contributed by atoms with Gasteiger partial charge in [0.2, 0.25) is 0 Å². The number of primary amides is 1. The highest BCUT2D eigenvalue weighted by molar-refractivity contribution is 5.91. The van der Waals surface area contributed by atoms with E-state index in [1.54, 1.807) is 16.9 Å². The number of rotatable bonds is 3. The van der Waals surface area contributed by atoms with Crippen LogP contribution in [0.15, 0.2) is 66.9 Å². The fourth-order valence-electron chi connectivity index (χ4n) is 2.93. The number of carbonyl (C=O) groups is 1. The minimum Gasteiger partial charge on any atom is -0.364 e. The Kier molecular flexibility index (Phi) is 3.54. The van der Waals surface area contributed by atoms with Crippen LogP contribution in [-0.2, 0) is 0 Å². The van der Waals surface area contributed by atoms with Crippen molar-refractivity contribution in [2.45, 2.75) is 6.92 Å². The van der Waals surface area contributed by atoms with Gasteiger partial charge < -0.3 is 5.73 Å². The Morgan fingerprint density at radius 2 is 1.84 bits per heavy atom. The molecule has 0 aliphatic carbocycles. The van der Waals surface area contributed by atoms with Gasteiger partial charge in [0, 0.05) is 17.3 Å². The van der Waals surface area contributed by atoms with Gasteiger partial charge in [-0.25, -0.2) is 4.68 Å². The third-order valence-corrected chi connectivity index (χ3v) is 4.17. The van der Waals surface area contributed by atoms with Gasteiger partial charge in [0.05, 0.1) is 11.2 Å². The first-order valence-electron chi connectivity index (χ1n) is 7.94. The first-order valence-corrected chi connectivity index (χ1v) is 7.94. The Bertz CT molecular complexity index is 1100. The van der Waals surface area contributed by atoms with Crippen LogP contribution in [0.2, 0.25) is 0 Å². The second kappa shape index (κ2) is 5.87. The van der Waals surface area contributed by atoms with Gasteiger partial charge in [-0.3, -0.25) is 9.78 Å². The normalized spacial score (nSPS) is 10.9. The van der Waals surface area contributed by atoms with Crippen LogP contribution < -0.4 is 5.73 Å². The summed E-state index contributed by atoms with van der Waals surface area (Å²) in [5.74, 6) is -0.528. The number of benzene rings is 2. The molecule has 2 aromatic heterocycles. The third-order valence-electron chi connectivity index (χ3n) is 4.17. The standard InChI is InChI=1S/C20H16N4O/c1-13-10-19(20(21)25)23-24(13)17-6-2-4-14(12-17)15-7-8-18-16(11-15)5-3-9-22-18/h2-12H,1H3,(H2,21,25). The van der Waals surface area contributed by atoms with E-state index in [0.29, 0.717) is 0 Å². The Labute approximate surface area is 144 Å². The smallest absolute Gasteiger partial charge is 0.269 e. The number of nitrogens with two attached hydrogens (primary N) is 1. The molecule has 122 valence electrons. The molecule has 0 unspecified atom stereocenters. The van der Waals surface area contributed by atoms with Gasteiger partial charge >= 0.3 is 0 Å². The molecule has 5 heteroatoms. The number of carbonyl (C=O) groups excluding carboxylic acids is 1. The molecule has 0 fully saturated rings. The summed E-state index contributed by atoms with van der Waals surface area (Å²) in [7, 11) is 0. The molecule has 0 saturated heterocycles. The SMILES string of the molecule is Cc1cc(C(N)=O)nn1-c1cccc(-c2ccc3ncccc3c2)c1. The quantitative estimate of drug-likeness (QED) is 0.625. The van der Waals surface area contributed by atoms with Gasteiger partial charge in [-0.1, -0.05) is 24.3 Å². The summed E-state index contributed by atoms with van der Waals surface area (Å²) in [6, 6.07) is 19.9. The van der Waals surface area contributed by atoms with Crippen LogP contribution in [-0.4, -0.2) is 20.7 Å². The maximum atomic E-state index is 11.4. The molecule has 0 saturated carbocycles. The van der Waals surface area contributed by atoms with Crippen LogP contribution in [0.3, 0.4) is 0 Å². The van der Waals surface area contributed by atoms with Gasteiger partial charge in [-0.05, 0) is 54.4 Å². The molecule has 0 spiro atoms. The molecule has 4 aromatic rings. The summed E-state index contributed by atoms with van der Waals surface area (Å²) in [5, 5.41) is 5.39. The van der Waals surface area contributed by atoms with E-state index in [2.05, 4.69) is 28.3 Å². The van der Waals surface area contributed by atoms with Crippen molar-refractivity contribution in [2.75, 3.05) is 0 Å². The van der Waals surface area contributed by atoms with Crippen molar-refractivity contribution in [3.63, 3.8) is 0 Å². The average Bonchev–Trinajstić information content (AvgIpc) is 3.03. The third kappa shape index (κ3) is 2.76. The zero-order chi connectivity index (χ0) is 17.4. The highest BCUT2D eigenvalue weighted by Crippen LogP contribution is 2.25. The van der Waals surface area contributed by atoms with Crippen LogP contribution in [0.1, 0.15) is 16.2 Å². The summed E-state index contributed by atoms with van der Waals surface area (Å²) >= 11 is 0. The zero-order valence-corrected chi connectivity index (χ0v) is 13.7. The molecule has 25 heavy (non-hydrogen) atoms. The van der Waals surface area contributed by atoms with Crippen LogP contribution in [0.25, 0.3) is 27.7 Å². The second-order valence-corrected chi connectivity index (χ2v) is 5.91. The molecular formula is C20H16N4O. The second-order valence-electron chi connectivity index (χ2n) is 5.91. The first-order chi connectivity index (χ1) is 12.1. The molecule has 1 amide bonds. The lowest BCUT2D eigenvalue weighted by Gasteiger charge is -2.08. The highest BCUT2D eigenvalue weighted by Gasteiger charge is 2.11. The van der Waals surface area contributed by atoms with E-state index in [1.165, 1.54) is 0 Å². The molecule has 4 rings (SSSR count). The summed E-state index contributed by atoms with van der Waals surface area (Å²) in [6.07, 6.45) is 1.79. The zero-order valence-electron chi connectivity index (χ0n) is 13.7.